The second-order valence-corrected chi connectivity index (χ2v) is 8.67. The summed E-state index contributed by atoms with van der Waals surface area (Å²) < 4.78 is 42.5. The van der Waals surface area contributed by atoms with Crippen molar-refractivity contribution in [3.8, 4) is 5.75 Å². The van der Waals surface area contributed by atoms with E-state index in [0.29, 0.717) is 35.6 Å². The molecule has 3 aromatic rings. The van der Waals surface area contributed by atoms with Gasteiger partial charge in [0.05, 0.1) is 18.2 Å². The van der Waals surface area contributed by atoms with Crippen LogP contribution in [0, 0.1) is 0 Å². The van der Waals surface area contributed by atoms with Gasteiger partial charge in [0, 0.05) is 18.8 Å². The third kappa shape index (κ3) is 4.57. The van der Waals surface area contributed by atoms with Crippen LogP contribution in [0.25, 0.3) is 11.0 Å². The van der Waals surface area contributed by atoms with E-state index in [1.165, 1.54) is 23.5 Å². The van der Waals surface area contributed by atoms with Gasteiger partial charge in [-0.25, -0.2) is 14.5 Å². The molecule has 3 heterocycles. The molecule has 0 radical (unpaired) electrons. The van der Waals surface area contributed by atoms with Crippen molar-refractivity contribution < 1.29 is 22.7 Å². The van der Waals surface area contributed by atoms with E-state index in [1.807, 2.05) is 4.68 Å². The summed E-state index contributed by atoms with van der Waals surface area (Å²) in [6.45, 7) is 0.709. The summed E-state index contributed by atoms with van der Waals surface area (Å²) in [5.74, 6) is 0.0280. The lowest BCUT2D eigenvalue weighted by molar-refractivity contribution is -0.274. The SMILES string of the molecule is O=C(Nc1ccc(OC(F)(F)F)cc1)N1CC(c2nc3c(cnn3C3CCCCC3)c(=O)[nH]2)C1. The third-order valence-corrected chi connectivity index (χ3v) is 6.30. The van der Waals surface area contributed by atoms with Crippen molar-refractivity contribution in [2.45, 2.75) is 50.4 Å². The van der Waals surface area contributed by atoms with Crippen LogP contribution in [-0.4, -0.2) is 50.1 Å². The van der Waals surface area contributed by atoms with Gasteiger partial charge in [0.1, 0.15) is 17.0 Å². The van der Waals surface area contributed by atoms with Crippen molar-refractivity contribution in [1.29, 1.82) is 0 Å². The molecule has 1 aromatic carbocycles. The summed E-state index contributed by atoms with van der Waals surface area (Å²) in [6, 6.07) is 4.76. The van der Waals surface area contributed by atoms with Crippen molar-refractivity contribution in [3.05, 3.63) is 46.6 Å². The van der Waals surface area contributed by atoms with Crippen LogP contribution < -0.4 is 15.6 Å². The Morgan fingerprint density at radius 1 is 1.12 bits per heavy atom. The zero-order valence-corrected chi connectivity index (χ0v) is 18.1. The molecule has 1 saturated heterocycles. The van der Waals surface area contributed by atoms with Crippen LogP contribution in [0.5, 0.6) is 5.75 Å². The molecule has 0 unspecified atom stereocenters. The molecule has 2 aliphatic rings. The zero-order valence-electron chi connectivity index (χ0n) is 18.1. The molecule has 0 bridgehead atoms. The van der Waals surface area contributed by atoms with Crippen molar-refractivity contribution in [1.82, 2.24) is 24.6 Å². The first-order chi connectivity index (χ1) is 16.3. The molecule has 2 aromatic heterocycles. The van der Waals surface area contributed by atoms with E-state index < -0.39 is 12.4 Å². The van der Waals surface area contributed by atoms with Gasteiger partial charge in [0.2, 0.25) is 0 Å². The maximum absolute atomic E-state index is 12.6. The first kappa shape index (κ1) is 22.2. The Morgan fingerprint density at radius 3 is 2.50 bits per heavy atom. The summed E-state index contributed by atoms with van der Waals surface area (Å²) in [7, 11) is 0. The minimum absolute atomic E-state index is 0.125. The summed E-state index contributed by atoms with van der Waals surface area (Å²) in [5.41, 5.74) is 0.674. The van der Waals surface area contributed by atoms with Crippen molar-refractivity contribution >= 4 is 22.8 Å². The van der Waals surface area contributed by atoms with Gasteiger partial charge in [-0.15, -0.1) is 13.2 Å². The Balaban J connectivity index is 1.23. The van der Waals surface area contributed by atoms with E-state index in [2.05, 4.69) is 20.1 Å². The van der Waals surface area contributed by atoms with E-state index in [9.17, 15) is 22.8 Å². The summed E-state index contributed by atoms with van der Waals surface area (Å²) in [4.78, 5) is 34.1. The molecule has 1 aliphatic heterocycles. The van der Waals surface area contributed by atoms with Gasteiger partial charge in [-0.3, -0.25) is 4.79 Å². The van der Waals surface area contributed by atoms with Crippen LogP contribution in [0.1, 0.15) is 49.9 Å². The summed E-state index contributed by atoms with van der Waals surface area (Å²) >= 11 is 0. The Morgan fingerprint density at radius 2 is 1.82 bits per heavy atom. The number of likely N-dealkylation sites (tertiary alicyclic amines) is 1. The van der Waals surface area contributed by atoms with E-state index >= 15 is 0 Å². The molecule has 1 saturated carbocycles. The number of urea groups is 1. The smallest absolute Gasteiger partial charge is 0.406 e. The number of halogens is 3. The van der Waals surface area contributed by atoms with E-state index in [0.717, 1.165) is 37.8 Å². The Bertz CT molecular complexity index is 1240. The minimum Gasteiger partial charge on any atom is -0.406 e. The van der Waals surface area contributed by atoms with Gasteiger partial charge in [0.25, 0.3) is 5.56 Å². The number of hydrogen-bond acceptors (Lipinski definition) is 5. The molecular weight excluding hydrogens is 453 g/mol. The second kappa shape index (κ2) is 8.65. The number of alkyl halides is 3. The predicted molar refractivity (Wildman–Crippen MR) is 117 cm³/mol. The Hall–Kier alpha value is -3.57. The lowest BCUT2D eigenvalue weighted by atomic mass is 9.96. The number of amides is 2. The highest BCUT2D eigenvalue weighted by atomic mass is 19.4. The highest BCUT2D eigenvalue weighted by Gasteiger charge is 2.34. The highest BCUT2D eigenvalue weighted by molar-refractivity contribution is 5.90. The molecule has 1 aliphatic carbocycles. The largest absolute Gasteiger partial charge is 0.573 e. The van der Waals surface area contributed by atoms with Crippen molar-refractivity contribution in [3.63, 3.8) is 0 Å². The van der Waals surface area contributed by atoms with Crippen LogP contribution in [0.4, 0.5) is 23.7 Å². The number of aromatic amines is 1. The van der Waals surface area contributed by atoms with Crippen LogP contribution in [0.15, 0.2) is 35.3 Å². The third-order valence-electron chi connectivity index (χ3n) is 6.30. The molecule has 0 spiro atoms. The number of carbonyl (C=O) groups excluding carboxylic acids is 1. The molecule has 0 atom stereocenters. The number of anilines is 1. The minimum atomic E-state index is -4.77. The van der Waals surface area contributed by atoms with Crippen LogP contribution in [0.2, 0.25) is 0 Å². The number of rotatable bonds is 4. The van der Waals surface area contributed by atoms with Gasteiger partial charge in [-0.05, 0) is 37.1 Å². The standard InChI is InChI=1S/C22H23F3N6O3/c23-22(24,25)34-16-8-6-14(7-9-16)27-21(33)30-11-13(12-30)18-28-19-17(20(32)29-18)10-26-31(19)15-4-2-1-3-5-15/h6-10,13,15H,1-5,11-12H2,(H,27,33)(H,28,29,32). The fourth-order valence-electron chi connectivity index (χ4n) is 4.50. The first-order valence-corrected chi connectivity index (χ1v) is 11.2. The fraction of sp³-hybridized carbons (Fsp3) is 0.455. The topological polar surface area (TPSA) is 105 Å². The number of hydrogen-bond donors (Lipinski definition) is 2. The van der Waals surface area contributed by atoms with Crippen LogP contribution >= 0.6 is 0 Å². The van der Waals surface area contributed by atoms with Crippen LogP contribution in [-0.2, 0) is 0 Å². The molecule has 180 valence electrons. The number of nitrogens with one attached hydrogen (secondary N) is 2. The molecule has 34 heavy (non-hydrogen) atoms. The van der Waals surface area contributed by atoms with E-state index in [4.69, 9.17) is 4.98 Å². The van der Waals surface area contributed by atoms with Gasteiger partial charge >= 0.3 is 12.4 Å². The number of H-pyrrole nitrogens is 1. The number of benzene rings is 1. The Labute approximate surface area is 191 Å². The van der Waals surface area contributed by atoms with Gasteiger partial charge in [0.15, 0.2) is 5.65 Å². The molecule has 2 N–H and O–H groups in total. The molecule has 5 rings (SSSR count). The average molecular weight is 476 g/mol. The van der Waals surface area contributed by atoms with Gasteiger partial charge in [-0.1, -0.05) is 19.3 Å². The summed E-state index contributed by atoms with van der Waals surface area (Å²) in [6.07, 6.45) is 2.29. The van der Waals surface area contributed by atoms with Crippen molar-refractivity contribution in [2.75, 3.05) is 18.4 Å². The van der Waals surface area contributed by atoms with E-state index in [-0.39, 0.29) is 23.3 Å². The second-order valence-electron chi connectivity index (χ2n) is 8.67. The van der Waals surface area contributed by atoms with Crippen LogP contribution in [0.3, 0.4) is 0 Å². The predicted octanol–water partition coefficient (Wildman–Crippen LogP) is 4.15. The molecule has 9 nitrogen and oxygen atoms in total. The number of carbonyl (C=O) groups is 1. The lowest BCUT2D eigenvalue weighted by Gasteiger charge is -2.38. The van der Waals surface area contributed by atoms with Crippen molar-refractivity contribution in [2.24, 2.45) is 0 Å². The normalized spacial score (nSPS) is 17.6. The number of ether oxygens (including phenoxy) is 1. The number of aromatic nitrogens is 4. The fourth-order valence-corrected chi connectivity index (χ4v) is 4.50. The van der Waals surface area contributed by atoms with E-state index in [1.54, 1.807) is 6.20 Å². The van der Waals surface area contributed by atoms with Gasteiger partial charge in [-0.2, -0.15) is 5.10 Å². The summed E-state index contributed by atoms with van der Waals surface area (Å²) in [5, 5.41) is 7.53. The Kier molecular flexibility index (Phi) is 5.66. The lowest BCUT2D eigenvalue weighted by Crippen LogP contribution is -2.51. The number of fused-ring (bicyclic) bond motifs is 1. The molecule has 2 fully saturated rings. The maximum Gasteiger partial charge on any atom is 0.573 e. The maximum atomic E-state index is 12.6. The monoisotopic (exact) mass is 476 g/mol. The molecule has 12 heteroatoms. The zero-order chi connectivity index (χ0) is 23.9. The van der Waals surface area contributed by atoms with Gasteiger partial charge < -0.3 is 19.9 Å². The molecular formula is C22H23F3N6O3. The molecule has 2 amide bonds. The average Bonchev–Trinajstić information content (AvgIpc) is 3.18. The first-order valence-electron chi connectivity index (χ1n) is 11.2. The highest BCUT2D eigenvalue weighted by Crippen LogP contribution is 2.31. The number of nitrogens with zero attached hydrogens (tertiary/aromatic N) is 4. The quantitative estimate of drug-likeness (QED) is 0.589.